The average Bonchev–Trinajstić information content (AvgIpc) is 3.00. The van der Waals surface area contributed by atoms with E-state index >= 15 is 0 Å². The number of amides is 1. The minimum Gasteiger partial charge on any atom is -0.480 e. The number of hydrogen-bond acceptors (Lipinski definition) is 9. The van der Waals surface area contributed by atoms with E-state index in [4.69, 9.17) is 15.2 Å². The molecule has 5 rings (SSSR count). The third-order valence-electron chi connectivity index (χ3n) is 6.42. The molecule has 3 aromatic carbocycles. The van der Waals surface area contributed by atoms with Crippen LogP contribution in [-0.2, 0) is 10.0 Å². The van der Waals surface area contributed by atoms with Crippen LogP contribution in [0.3, 0.4) is 0 Å². The van der Waals surface area contributed by atoms with E-state index in [1.165, 1.54) is 38.7 Å². The first-order chi connectivity index (χ1) is 20.9. The number of halogens is 3. The summed E-state index contributed by atoms with van der Waals surface area (Å²) in [5.74, 6) is -0.580. The number of ether oxygens (including phenoxy) is 2. The molecule has 2 aromatic heterocycles. The molecule has 4 N–H and O–H groups in total. The highest BCUT2D eigenvalue weighted by atomic mass is 32.2. The molecule has 1 amide bonds. The van der Waals surface area contributed by atoms with Crippen LogP contribution in [0.25, 0.3) is 33.2 Å². The molecule has 0 spiro atoms. The molecule has 0 aliphatic carbocycles. The number of sulfonamides is 1. The van der Waals surface area contributed by atoms with Crippen molar-refractivity contribution >= 4 is 43.9 Å². The molecule has 0 bridgehead atoms. The number of anilines is 3. The van der Waals surface area contributed by atoms with Crippen LogP contribution in [0.5, 0.6) is 11.9 Å². The Balaban J connectivity index is 1.64. The van der Waals surface area contributed by atoms with Gasteiger partial charge in [-0.2, -0.15) is 26.6 Å². The zero-order chi connectivity index (χ0) is 31.6. The van der Waals surface area contributed by atoms with Crippen LogP contribution in [-0.4, -0.2) is 49.0 Å². The fourth-order valence-electron chi connectivity index (χ4n) is 4.40. The zero-order valence-corrected chi connectivity index (χ0v) is 23.8. The largest absolute Gasteiger partial charge is 0.516 e. The maximum atomic E-state index is 13.2. The Labute approximate surface area is 248 Å². The van der Waals surface area contributed by atoms with Crippen molar-refractivity contribution < 1.29 is 35.9 Å². The number of fused-ring (bicyclic) bond motifs is 1. The van der Waals surface area contributed by atoms with Gasteiger partial charge in [0.05, 0.1) is 42.2 Å². The lowest BCUT2D eigenvalue weighted by molar-refractivity contribution is -0.0429. The van der Waals surface area contributed by atoms with Gasteiger partial charge in [0.1, 0.15) is 0 Å². The number of carbonyl (C=O) groups is 1. The molecule has 0 aliphatic rings. The molecule has 44 heavy (non-hydrogen) atoms. The number of primary amides is 1. The molecule has 0 aliphatic heterocycles. The second kappa shape index (κ2) is 11.7. The first-order valence-corrected chi connectivity index (χ1v) is 14.1. The number of carbonyl (C=O) groups excluding carboxylic acids is 1. The van der Waals surface area contributed by atoms with Crippen molar-refractivity contribution in [2.75, 3.05) is 24.3 Å². The number of methoxy groups -OCH3 is 2. The van der Waals surface area contributed by atoms with Gasteiger partial charge in [0.15, 0.2) is 0 Å². The Morgan fingerprint density at radius 3 is 2.25 bits per heavy atom. The summed E-state index contributed by atoms with van der Waals surface area (Å²) in [6.45, 7) is 0. The molecule has 11 nitrogen and oxygen atoms in total. The second-order valence-electron chi connectivity index (χ2n) is 9.26. The Morgan fingerprint density at radius 2 is 1.59 bits per heavy atom. The number of nitrogens with one attached hydrogen (secondary N) is 2. The molecular formula is C29H23F3N6O5S. The molecule has 0 saturated heterocycles. The number of hydrogen-bond donors (Lipinski definition) is 3. The predicted octanol–water partition coefficient (Wildman–Crippen LogP) is 5.48. The van der Waals surface area contributed by atoms with Crippen LogP contribution in [0.15, 0.2) is 79.1 Å². The van der Waals surface area contributed by atoms with Gasteiger partial charge in [-0.15, -0.1) is 0 Å². The second-order valence-corrected chi connectivity index (χ2v) is 10.9. The molecular weight excluding hydrogens is 601 g/mol. The van der Waals surface area contributed by atoms with Gasteiger partial charge in [0.2, 0.25) is 5.88 Å². The standard InChI is InChI=1S/C29H23F3N6O5S/c1-42-27-22(14-35-28(37-27)43-2)17-8-9-21-24(12-17)34-15-23(26(33)39)25(21)36-19-10-18(16-6-4-3-5-7-16)11-20(13-19)38-44(40,41)29(30,31)32/h3-15,38H,1-2H3,(H2,33,39)(H,34,36). The third kappa shape index (κ3) is 6.03. The van der Waals surface area contributed by atoms with E-state index in [1.54, 1.807) is 59.3 Å². The SMILES string of the molecule is COc1ncc(-c2ccc3c(Nc4cc(NS(=O)(=O)C(F)(F)F)cc(-c5ccccc5)c4)c(C(N)=O)cnc3c2)c(OC)n1. The number of nitrogens with zero attached hydrogens (tertiary/aromatic N) is 3. The van der Waals surface area contributed by atoms with Crippen molar-refractivity contribution in [1.29, 1.82) is 0 Å². The summed E-state index contributed by atoms with van der Waals surface area (Å²) in [4.78, 5) is 25.1. The summed E-state index contributed by atoms with van der Waals surface area (Å²) in [6, 6.07) is 17.8. The first kappa shape index (κ1) is 30.0. The Bertz CT molecular complexity index is 1990. The van der Waals surface area contributed by atoms with Gasteiger partial charge < -0.3 is 20.5 Å². The summed E-state index contributed by atoms with van der Waals surface area (Å²) < 4.78 is 75.5. The monoisotopic (exact) mass is 624 g/mol. The number of benzene rings is 3. The molecule has 0 saturated carbocycles. The highest BCUT2D eigenvalue weighted by Crippen LogP contribution is 2.37. The number of nitrogens with two attached hydrogens (primary N) is 1. The van der Waals surface area contributed by atoms with Crippen molar-refractivity contribution in [3.8, 4) is 34.1 Å². The van der Waals surface area contributed by atoms with Crippen molar-refractivity contribution in [3.63, 3.8) is 0 Å². The van der Waals surface area contributed by atoms with Crippen molar-refractivity contribution in [2.24, 2.45) is 5.73 Å². The summed E-state index contributed by atoms with van der Waals surface area (Å²) in [5, 5.41) is 3.48. The molecule has 0 unspecified atom stereocenters. The van der Waals surface area contributed by atoms with Crippen molar-refractivity contribution in [3.05, 3.63) is 84.7 Å². The third-order valence-corrected chi connectivity index (χ3v) is 7.53. The minimum atomic E-state index is -5.73. The lowest BCUT2D eigenvalue weighted by Crippen LogP contribution is -2.29. The topological polar surface area (TPSA) is 158 Å². The maximum Gasteiger partial charge on any atom is 0.516 e. The zero-order valence-electron chi connectivity index (χ0n) is 23.0. The van der Waals surface area contributed by atoms with Crippen LogP contribution in [0.4, 0.5) is 30.2 Å². The van der Waals surface area contributed by atoms with Crippen LogP contribution in [0.2, 0.25) is 0 Å². The number of pyridine rings is 1. The van der Waals surface area contributed by atoms with E-state index in [2.05, 4.69) is 20.3 Å². The summed E-state index contributed by atoms with van der Waals surface area (Å²) >= 11 is 0. The molecule has 0 atom stereocenters. The Hall–Kier alpha value is -5.44. The van der Waals surface area contributed by atoms with E-state index in [0.717, 1.165) is 0 Å². The molecule has 226 valence electrons. The van der Waals surface area contributed by atoms with E-state index in [0.29, 0.717) is 33.2 Å². The number of alkyl halides is 3. The smallest absolute Gasteiger partial charge is 0.480 e. The normalized spacial score (nSPS) is 11.7. The van der Waals surface area contributed by atoms with Crippen molar-refractivity contribution in [2.45, 2.75) is 5.51 Å². The highest BCUT2D eigenvalue weighted by molar-refractivity contribution is 7.93. The van der Waals surface area contributed by atoms with E-state index in [9.17, 15) is 26.4 Å². The minimum absolute atomic E-state index is 0.0156. The predicted molar refractivity (Wildman–Crippen MR) is 158 cm³/mol. The van der Waals surface area contributed by atoms with Gasteiger partial charge >= 0.3 is 21.5 Å². The van der Waals surface area contributed by atoms with Gasteiger partial charge in [-0.05, 0) is 41.0 Å². The van der Waals surface area contributed by atoms with E-state index in [1.807, 2.05) is 0 Å². The van der Waals surface area contributed by atoms with Gasteiger partial charge in [-0.25, -0.2) is 4.98 Å². The van der Waals surface area contributed by atoms with Crippen LogP contribution in [0, 0.1) is 0 Å². The van der Waals surface area contributed by atoms with Crippen LogP contribution >= 0.6 is 0 Å². The fraction of sp³-hybridized carbons (Fsp3) is 0.103. The van der Waals surface area contributed by atoms with Gasteiger partial charge in [0.25, 0.3) is 5.91 Å². The lowest BCUT2D eigenvalue weighted by Gasteiger charge is -2.17. The molecule has 0 radical (unpaired) electrons. The summed E-state index contributed by atoms with van der Waals surface area (Å²) in [7, 11) is -2.86. The summed E-state index contributed by atoms with van der Waals surface area (Å²) in [5.41, 5.74) is 2.63. The quantitative estimate of drug-likeness (QED) is 0.193. The number of rotatable bonds is 9. The van der Waals surface area contributed by atoms with Gasteiger partial charge in [-0.3, -0.25) is 14.5 Å². The number of aromatic nitrogens is 3. The maximum absolute atomic E-state index is 13.2. The average molecular weight is 625 g/mol. The van der Waals surface area contributed by atoms with E-state index < -0.39 is 21.4 Å². The van der Waals surface area contributed by atoms with Gasteiger partial charge in [0, 0.05) is 23.5 Å². The van der Waals surface area contributed by atoms with Crippen molar-refractivity contribution in [1.82, 2.24) is 15.0 Å². The molecule has 15 heteroatoms. The molecule has 0 fully saturated rings. The van der Waals surface area contributed by atoms with Crippen LogP contribution < -0.4 is 25.2 Å². The fourth-order valence-corrected chi connectivity index (χ4v) is 4.94. The Morgan fingerprint density at radius 1 is 0.864 bits per heavy atom. The lowest BCUT2D eigenvalue weighted by atomic mass is 10.0. The van der Waals surface area contributed by atoms with E-state index in [-0.39, 0.29) is 34.5 Å². The first-order valence-electron chi connectivity index (χ1n) is 12.6. The molecule has 2 heterocycles. The van der Waals surface area contributed by atoms with Gasteiger partial charge in [-0.1, -0.05) is 42.5 Å². The Kier molecular flexibility index (Phi) is 7.97. The van der Waals surface area contributed by atoms with Crippen LogP contribution in [0.1, 0.15) is 10.4 Å². The summed E-state index contributed by atoms with van der Waals surface area (Å²) in [6.07, 6.45) is 2.77. The highest BCUT2D eigenvalue weighted by Gasteiger charge is 2.46. The molecule has 5 aromatic rings.